The summed E-state index contributed by atoms with van der Waals surface area (Å²) in [6.07, 6.45) is 4.23. The second-order valence-corrected chi connectivity index (χ2v) is 5.20. The van der Waals surface area contributed by atoms with E-state index in [1.807, 2.05) is 6.07 Å². The molecule has 5 heteroatoms. The van der Waals surface area contributed by atoms with E-state index in [1.165, 1.54) is 25.5 Å². The summed E-state index contributed by atoms with van der Waals surface area (Å²) in [5, 5.41) is 3.79. The molecule has 0 spiro atoms. The van der Waals surface area contributed by atoms with Crippen molar-refractivity contribution in [3.63, 3.8) is 0 Å². The minimum atomic E-state index is -0.103. The third kappa shape index (κ3) is 2.33. The maximum atomic E-state index is 11.0. The Bertz CT molecular complexity index is 619. The van der Waals surface area contributed by atoms with E-state index in [0.29, 0.717) is 11.9 Å². The standard InChI is InChI=1S/C14H18N4O/c1-9(19)16-14-7-11-10(8-15-14)6-12(17-11)13-4-3-5-18(13)2/h6-8,13,17H,3-5H2,1-2H3,(H,15,16,19)/t13-/m0/s1. The van der Waals surface area contributed by atoms with Crippen molar-refractivity contribution in [2.75, 3.05) is 18.9 Å². The van der Waals surface area contributed by atoms with Gasteiger partial charge in [-0.1, -0.05) is 0 Å². The number of hydrogen-bond donors (Lipinski definition) is 2. The molecule has 0 bridgehead atoms. The zero-order valence-electron chi connectivity index (χ0n) is 11.2. The van der Waals surface area contributed by atoms with Gasteiger partial charge in [-0.3, -0.25) is 9.69 Å². The van der Waals surface area contributed by atoms with Crippen LogP contribution in [0.3, 0.4) is 0 Å². The minimum Gasteiger partial charge on any atom is -0.357 e. The maximum Gasteiger partial charge on any atom is 0.222 e. The summed E-state index contributed by atoms with van der Waals surface area (Å²) >= 11 is 0. The van der Waals surface area contributed by atoms with Crippen LogP contribution in [0, 0.1) is 0 Å². The average molecular weight is 258 g/mol. The van der Waals surface area contributed by atoms with Gasteiger partial charge in [0, 0.05) is 36.3 Å². The SMILES string of the molecule is CC(=O)Nc1cc2[nH]c([C@@H]3CCCN3C)cc2cn1. The second kappa shape index (κ2) is 4.66. The normalized spacial score (nSPS) is 20.0. The molecular weight excluding hydrogens is 240 g/mol. The van der Waals surface area contributed by atoms with Gasteiger partial charge < -0.3 is 10.3 Å². The molecular formula is C14H18N4O. The molecule has 0 aromatic carbocycles. The Labute approximate surface area is 112 Å². The number of amides is 1. The monoisotopic (exact) mass is 258 g/mol. The van der Waals surface area contributed by atoms with E-state index in [9.17, 15) is 4.79 Å². The molecule has 100 valence electrons. The van der Waals surface area contributed by atoms with Crippen molar-refractivity contribution in [1.29, 1.82) is 0 Å². The lowest BCUT2D eigenvalue weighted by Gasteiger charge is -2.17. The van der Waals surface area contributed by atoms with Gasteiger partial charge in [-0.25, -0.2) is 4.98 Å². The molecule has 2 N–H and O–H groups in total. The first-order chi connectivity index (χ1) is 9.13. The molecule has 19 heavy (non-hydrogen) atoms. The van der Waals surface area contributed by atoms with E-state index in [-0.39, 0.29) is 5.91 Å². The number of hydrogen-bond acceptors (Lipinski definition) is 3. The minimum absolute atomic E-state index is 0.103. The molecule has 1 atom stereocenters. The van der Waals surface area contributed by atoms with Gasteiger partial charge in [0.25, 0.3) is 0 Å². The van der Waals surface area contributed by atoms with Crippen molar-refractivity contribution in [1.82, 2.24) is 14.9 Å². The van der Waals surface area contributed by atoms with Crippen molar-refractivity contribution in [3.8, 4) is 0 Å². The lowest BCUT2D eigenvalue weighted by atomic mass is 10.1. The molecule has 2 aromatic rings. The summed E-state index contributed by atoms with van der Waals surface area (Å²) in [7, 11) is 2.16. The summed E-state index contributed by atoms with van der Waals surface area (Å²) in [4.78, 5) is 21.1. The number of nitrogens with zero attached hydrogens (tertiary/aromatic N) is 2. The molecule has 2 aromatic heterocycles. The number of H-pyrrole nitrogens is 1. The van der Waals surface area contributed by atoms with E-state index >= 15 is 0 Å². The van der Waals surface area contributed by atoms with Gasteiger partial charge in [-0.05, 0) is 32.5 Å². The fourth-order valence-corrected chi connectivity index (χ4v) is 2.78. The summed E-state index contributed by atoms with van der Waals surface area (Å²) < 4.78 is 0. The number of carbonyl (C=O) groups excluding carboxylic acids is 1. The number of rotatable bonds is 2. The molecule has 1 fully saturated rings. The molecule has 5 nitrogen and oxygen atoms in total. The molecule has 3 rings (SSSR count). The van der Waals surface area contributed by atoms with Crippen LogP contribution in [0.5, 0.6) is 0 Å². The molecule has 1 aliphatic rings. The number of likely N-dealkylation sites (tertiary alicyclic amines) is 1. The molecule has 0 unspecified atom stereocenters. The van der Waals surface area contributed by atoms with Crippen LogP contribution in [-0.2, 0) is 4.79 Å². The largest absolute Gasteiger partial charge is 0.357 e. The van der Waals surface area contributed by atoms with Gasteiger partial charge in [-0.2, -0.15) is 0 Å². The van der Waals surface area contributed by atoms with Gasteiger partial charge in [-0.15, -0.1) is 0 Å². The van der Waals surface area contributed by atoms with Crippen LogP contribution in [0.1, 0.15) is 31.5 Å². The van der Waals surface area contributed by atoms with E-state index in [0.717, 1.165) is 17.4 Å². The Morgan fingerprint density at radius 3 is 3.05 bits per heavy atom. The second-order valence-electron chi connectivity index (χ2n) is 5.20. The first kappa shape index (κ1) is 12.2. The van der Waals surface area contributed by atoms with Crippen LogP contribution >= 0.6 is 0 Å². The molecule has 0 radical (unpaired) electrons. The topological polar surface area (TPSA) is 61.0 Å². The number of anilines is 1. The van der Waals surface area contributed by atoms with Gasteiger partial charge in [0.15, 0.2) is 0 Å². The Hall–Kier alpha value is -1.88. The molecule has 0 saturated carbocycles. The van der Waals surface area contributed by atoms with Crippen molar-refractivity contribution >= 4 is 22.6 Å². The fraction of sp³-hybridized carbons (Fsp3) is 0.429. The summed E-state index contributed by atoms with van der Waals surface area (Å²) in [6.45, 7) is 2.63. The number of aromatic nitrogens is 2. The van der Waals surface area contributed by atoms with Crippen molar-refractivity contribution in [2.24, 2.45) is 0 Å². The lowest BCUT2D eigenvalue weighted by molar-refractivity contribution is -0.114. The van der Waals surface area contributed by atoms with Crippen LogP contribution < -0.4 is 5.32 Å². The highest BCUT2D eigenvalue weighted by atomic mass is 16.1. The van der Waals surface area contributed by atoms with Crippen molar-refractivity contribution < 1.29 is 4.79 Å². The summed E-state index contributed by atoms with van der Waals surface area (Å²) in [6, 6.07) is 4.51. The van der Waals surface area contributed by atoms with E-state index in [1.54, 1.807) is 6.20 Å². The number of aromatic amines is 1. The predicted octanol–water partition coefficient (Wildman–Crippen LogP) is 2.29. The molecule has 0 aliphatic carbocycles. The fourth-order valence-electron chi connectivity index (χ4n) is 2.78. The number of nitrogens with one attached hydrogen (secondary N) is 2. The van der Waals surface area contributed by atoms with Crippen LogP contribution in [0.2, 0.25) is 0 Å². The molecule has 1 aliphatic heterocycles. The highest BCUT2D eigenvalue weighted by Crippen LogP contribution is 2.31. The number of carbonyl (C=O) groups is 1. The highest BCUT2D eigenvalue weighted by Gasteiger charge is 2.23. The van der Waals surface area contributed by atoms with E-state index in [2.05, 4.69) is 33.3 Å². The van der Waals surface area contributed by atoms with Gasteiger partial charge >= 0.3 is 0 Å². The average Bonchev–Trinajstić information content (AvgIpc) is 2.93. The highest BCUT2D eigenvalue weighted by molar-refractivity contribution is 5.90. The van der Waals surface area contributed by atoms with Gasteiger partial charge in [0.1, 0.15) is 5.82 Å². The maximum absolute atomic E-state index is 11.0. The Kier molecular flexibility index (Phi) is 2.98. The third-order valence-electron chi connectivity index (χ3n) is 3.71. The first-order valence-corrected chi connectivity index (χ1v) is 6.60. The summed E-state index contributed by atoms with van der Waals surface area (Å²) in [5.41, 5.74) is 2.26. The van der Waals surface area contributed by atoms with Crippen LogP contribution in [0.15, 0.2) is 18.3 Å². The van der Waals surface area contributed by atoms with Crippen molar-refractivity contribution in [3.05, 3.63) is 24.0 Å². The van der Waals surface area contributed by atoms with E-state index in [4.69, 9.17) is 0 Å². The smallest absolute Gasteiger partial charge is 0.222 e. The van der Waals surface area contributed by atoms with Gasteiger partial charge in [0.05, 0.1) is 5.52 Å². The third-order valence-corrected chi connectivity index (χ3v) is 3.71. The number of fused-ring (bicyclic) bond motifs is 1. The Balaban J connectivity index is 1.94. The zero-order chi connectivity index (χ0) is 13.4. The van der Waals surface area contributed by atoms with Crippen LogP contribution in [0.4, 0.5) is 5.82 Å². The molecule has 1 amide bonds. The predicted molar refractivity (Wildman–Crippen MR) is 75.0 cm³/mol. The molecule has 1 saturated heterocycles. The molecule has 3 heterocycles. The van der Waals surface area contributed by atoms with E-state index < -0.39 is 0 Å². The van der Waals surface area contributed by atoms with Crippen molar-refractivity contribution in [2.45, 2.75) is 25.8 Å². The lowest BCUT2D eigenvalue weighted by Crippen LogP contribution is -2.17. The summed E-state index contributed by atoms with van der Waals surface area (Å²) in [5.74, 6) is 0.488. The van der Waals surface area contributed by atoms with Gasteiger partial charge in [0.2, 0.25) is 5.91 Å². The Morgan fingerprint density at radius 1 is 1.53 bits per heavy atom. The van der Waals surface area contributed by atoms with Crippen LogP contribution in [-0.4, -0.2) is 34.4 Å². The quantitative estimate of drug-likeness (QED) is 0.868. The first-order valence-electron chi connectivity index (χ1n) is 6.60. The Morgan fingerprint density at radius 2 is 2.37 bits per heavy atom. The zero-order valence-corrected chi connectivity index (χ0v) is 11.2. The van der Waals surface area contributed by atoms with Crippen LogP contribution in [0.25, 0.3) is 10.9 Å². The number of pyridine rings is 1.